The second kappa shape index (κ2) is 15.6. The predicted octanol–water partition coefficient (Wildman–Crippen LogP) is 17.6. The van der Waals surface area contributed by atoms with Gasteiger partial charge < -0.3 is 14.3 Å². The lowest BCUT2D eigenvalue weighted by Gasteiger charge is -2.42. The Kier molecular flexibility index (Phi) is 9.58. The first-order valence-electron chi connectivity index (χ1n) is 25.3. The third kappa shape index (κ3) is 6.76. The Labute approximate surface area is 422 Å². The molecular formula is C66H58BN3S. The van der Waals surface area contributed by atoms with Gasteiger partial charge >= 0.3 is 6.85 Å². The fourth-order valence-corrected chi connectivity index (χ4v) is 12.9. The summed E-state index contributed by atoms with van der Waals surface area (Å²) in [5.74, 6) is 0. The van der Waals surface area contributed by atoms with E-state index >= 15 is 0 Å². The number of nitrogens with zero attached hydrogens (tertiary/aromatic N) is 3. The largest absolute Gasteiger partial charge is 0.375 e. The van der Waals surface area contributed by atoms with Gasteiger partial charge in [-0.15, -0.1) is 11.3 Å². The standard InChI is InChI=1S/C66H58BN3S/c1-64(2,3)42-29-33-55(49(35-42)41-21-13-10-14-22-41)69-57-39-47(68(45-23-15-11-16-24-45)46-25-17-12-18-26-46)31-32-54(57)67-61-51(40-59-60(63(61)69)48-27-19-20-28-58(48)71-59)53-38-44(66(7,8)9)37-52-50-36-43(65(4,5)6)30-34-56(50)70(67)62(52)53/h10-40H,1-9H3. The van der Waals surface area contributed by atoms with Gasteiger partial charge in [0.25, 0.3) is 0 Å². The summed E-state index contributed by atoms with van der Waals surface area (Å²) in [6.07, 6.45) is 0. The number of benzene rings is 9. The Hall–Kier alpha value is -7.34. The Bertz CT molecular complexity index is 3900. The van der Waals surface area contributed by atoms with Crippen molar-refractivity contribution in [3.63, 3.8) is 0 Å². The minimum absolute atomic E-state index is 0.00840. The van der Waals surface area contributed by atoms with Gasteiger partial charge in [0.05, 0.1) is 11.4 Å². The smallest absolute Gasteiger partial charge is 0.333 e. The monoisotopic (exact) mass is 935 g/mol. The van der Waals surface area contributed by atoms with Crippen molar-refractivity contribution in [2.75, 3.05) is 9.80 Å². The van der Waals surface area contributed by atoms with Crippen molar-refractivity contribution in [1.29, 1.82) is 0 Å². The summed E-state index contributed by atoms with van der Waals surface area (Å²) in [6, 6.07) is 71.5. The predicted molar refractivity (Wildman–Crippen MR) is 309 cm³/mol. The minimum atomic E-state index is -0.118. The number of aromatic nitrogens is 1. The molecule has 0 radical (unpaired) electrons. The quantitative estimate of drug-likeness (QED) is 0.159. The lowest BCUT2D eigenvalue weighted by Crippen LogP contribution is -2.56. The van der Waals surface area contributed by atoms with E-state index in [9.17, 15) is 0 Å². The summed E-state index contributed by atoms with van der Waals surface area (Å²) < 4.78 is 5.35. The molecule has 2 aliphatic rings. The SMILES string of the molecule is CC(C)(C)c1ccc(N2c3cc(N(c4ccccc4)c4ccccc4)ccc3B3c4c(cc5sc6ccccc6c5c42)-c2cc(C(C)(C)C)cc4c5cc(C(C)(C)C)ccc5n3c24)c(-c2ccccc2)c1. The molecule has 0 fully saturated rings. The van der Waals surface area contributed by atoms with Crippen LogP contribution >= 0.6 is 11.3 Å². The molecule has 2 aliphatic heterocycles. The maximum atomic E-state index is 2.74. The van der Waals surface area contributed by atoms with Gasteiger partial charge in [-0.2, -0.15) is 0 Å². The van der Waals surface area contributed by atoms with Crippen molar-refractivity contribution < 1.29 is 0 Å². The van der Waals surface area contributed by atoms with E-state index in [0.29, 0.717) is 0 Å². The van der Waals surface area contributed by atoms with E-state index in [2.05, 4.69) is 265 Å². The molecule has 0 amide bonds. The molecule has 0 saturated heterocycles. The van der Waals surface area contributed by atoms with Crippen LogP contribution in [0.5, 0.6) is 0 Å². The van der Waals surface area contributed by atoms with Crippen LogP contribution in [0, 0.1) is 0 Å². The minimum Gasteiger partial charge on any atom is -0.375 e. The van der Waals surface area contributed by atoms with Crippen LogP contribution in [0.2, 0.25) is 0 Å². The van der Waals surface area contributed by atoms with Crippen molar-refractivity contribution >= 4 is 105 Å². The van der Waals surface area contributed by atoms with Crippen molar-refractivity contribution in [2.24, 2.45) is 0 Å². The average molecular weight is 936 g/mol. The van der Waals surface area contributed by atoms with Crippen molar-refractivity contribution in [2.45, 2.75) is 78.6 Å². The maximum absolute atomic E-state index is 2.74. The second-order valence-corrected chi connectivity index (χ2v) is 24.1. The summed E-state index contributed by atoms with van der Waals surface area (Å²) in [7, 11) is 0. The summed E-state index contributed by atoms with van der Waals surface area (Å²) in [5, 5.41) is 5.26. The highest BCUT2D eigenvalue weighted by molar-refractivity contribution is 7.26. The van der Waals surface area contributed by atoms with Gasteiger partial charge in [-0.05, 0) is 140 Å². The number of para-hydroxylation sites is 2. The molecule has 0 aliphatic carbocycles. The molecule has 9 aromatic carbocycles. The molecule has 13 rings (SSSR count). The first-order chi connectivity index (χ1) is 34.1. The lowest BCUT2D eigenvalue weighted by atomic mass is 9.45. The van der Waals surface area contributed by atoms with E-state index in [0.717, 1.165) is 17.1 Å². The zero-order valence-corrected chi connectivity index (χ0v) is 43.0. The van der Waals surface area contributed by atoms with Crippen LogP contribution in [-0.2, 0) is 16.2 Å². The zero-order chi connectivity index (χ0) is 48.7. The molecular weight excluding hydrogens is 878 g/mol. The van der Waals surface area contributed by atoms with Gasteiger partial charge in [-0.1, -0.05) is 165 Å². The van der Waals surface area contributed by atoms with Crippen molar-refractivity contribution in [3.8, 4) is 22.3 Å². The highest BCUT2D eigenvalue weighted by atomic mass is 32.1. The normalized spacial score (nSPS) is 13.4. The van der Waals surface area contributed by atoms with Gasteiger partial charge in [0.1, 0.15) is 0 Å². The Balaban J connectivity index is 1.23. The van der Waals surface area contributed by atoms with Crippen LogP contribution < -0.4 is 20.7 Å². The van der Waals surface area contributed by atoms with Crippen LogP contribution in [0.3, 0.4) is 0 Å². The van der Waals surface area contributed by atoms with Gasteiger partial charge in [0.2, 0.25) is 0 Å². The molecule has 5 heteroatoms. The number of rotatable bonds is 5. The lowest BCUT2D eigenvalue weighted by molar-refractivity contribution is 0.590. The summed E-state index contributed by atoms with van der Waals surface area (Å²) in [5.41, 5.74) is 21.1. The molecule has 0 unspecified atom stereocenters. The first-order valence-corrected chi connectivity index (χ1v) is 26.1. The van der Waals surface area contributed by atoms with Crippen LogP contribution in [0.25, 0.3) is 64.2 Å². The summed E-state index contributed by atoms with van der Waals surface area (Å²) >= 11 is 1.93. The third-order valence-electron chi connectivity index (χ3n) is 15.4. The molecule has 71 heavy (non-hydrogen) atoms. The van der Waals surface area contributed by atoms with E-state index in [1.807, 2.05) is 11.3 Å². The molecule has 0 spiro atoms. The molecule has 0 bridgehead atoms. The van der Waals surface area contributed by atoms with Gasteiger partial charge in [0, 0.05) is 75.9 Å². The molecule has 4 heterocycles. The van der Waals surface area contributed by atoms with Crippen LogP contribution in [0.15, 0.2) is 188 Å². The molecule has 0 atom stereocenters. The van der Waals surface area contributed by atoms with E-state index < -0.39 is 0 Å². The van der Waals surface area contributed by atoms with Crippen LogP contribution in [-0.4, -0.2) is 11.3 Å². The second-order valence-electron chi connectivity index (χ2n) is 23.0. The molecule has 3 nitrogen and oxygen atoms in total. The maximum Gasteiger partial charge on any atom is 0.333 e. The molecule has 346 valence electrons. The van der Waals surface area contributed by atoms with E-state index in [1.165, 1.54) is 109 Å². The van der Waals surface area contributed by atoms with Crippen LogP contribution in [0.1, 0.15) is 79.0 Å². The summed E-state index contributed by atoms with van der Waals surface area (Å²) in [4.78, 5) is 5.11. The van der Waals surface area contributed by atoms with Crippen molar-refractivity contribution in [1.82, 2.24) is 4.48 Å². The number of hydrogen-bond donors (Lipinski definition) is 0. The Morgan fingerprint density at radius 1 is 0.437 bits per heavy atom. The highest BCUT2D eigenvalue weighted by Crippen LogP contribution is 2.54. The van der Waals surface area contributed by atoms with Crippen molar-refractivity contribution in [3.05, 3.63) is 205 Å². The average Bonchev–Trinajstić information content (AvgIpc) is 3.91. The number of fused-ring (bicyclic) bond motifs is 11. The Morgan fingerprint density at radius 2 is 1.03 bits per heavy atom. The fourth-order valence-electron chi connectivity index (χ4n) is 11.7. The molecule has 0 saturated carbocycles. The molecule has 11 aromatic rings. The molecule has 0 N–H and O–H groups in total. The number of anilines is 6. The van der Waals surface area contributed by atoms with Gasteiger partial charge in [-0.25, -0.2) is 0 Å². The van der Waals surface area contributed by atoms with Gasteiger partial charge in [-0.3, -0.25) is 0 Å². The fraction of sp³-hybridized carbons (Fsp3) is 0.182. The van der Waals surface area contributed by atoms with Crippen LogP contribution in [0.4, 0.5) is 34.1 Å². The first kappa shape index (κ1) is 43.7. The Morgan fingerprint density at radius 3 is 1.70 bits per heavy atom. The summed E-state index contributed by atoms with van der Waals surface area (Å²) in [6.45, 7) is 21.0. The number of hydrogen-bond acceptors (Lipinski definition) is 3. The topological polar surface area (TPSA) is 11.4 Å². The third-order valence-corrected chi connectivity index (χ3v) is 16.5. The highest BCUT2D eigenvalue weighted by Gasteiger charge is 2.45. The van der Waals surface area contributed by atoms with E-state index in [1.54, 1.807) is 0 Å². The van der Waals surface area contributed by atoms with E-state index in [4.69, 9.17) is 0 Å². The molecule has 2 aromatic heterocycles. The zero-order valence-electron chi connectivity index (χ0n) is 42.2. The number of thiophene rings is 1. The van der Waals surface area contributed by atoms with E-state index in [-0.39, 0.29) is 23.1 Å². The van der Waals surface area contributed by atoms with Gasteiger partial charge in [0.15, 0.2) is 0 Å².